The number of ether oxygens (including phenoxy) is 1. The van der Waals surface area contributed by atoms with Crippen LogP contribution in [0.2, 0.25) is 5.02 Å². The molecule has 0 radical (unpaired) electrons. The summed E-state index contributed by atoms with van der Waals surface area (Å²) < 4.78 is 10.6. The van der Waals surface area contributed by atoms with Crippen molar-refractivity contribution in [2.75, 3.05) is 5.75 Å². The lowest BCUT2D eigenvalue weighted by Gasteiger charge is -2.09. The van der Waals surface area contributed by atoms with E-state index in [0.29, 0.717) is 21.9 Å². The Morgan fingerprint density at radius 3 is 2.56 bits per heavy atom. The number of aryl methyl sites for hydroxylation is 2. The van der Waals surface area contributed by atoms with Gasteiger partial charge in [-0.2, -0.15) is 0 Å². The molecule has 4 nitrogen and oxygen atoms in total. The summed E-state index contributed by atoms with van der Waals surface area (Å²) >= 11 is 7.42. The molecule has 1 aromatic heterocycles. The smallest absolute Gasteiger partial charge is 0.336 e. The van der Waals surface area contributed by atoms with E-state index >= 15 is 0 Å². The second-order valence-electron chi connectivity index (χ2n) is 6.24. The normalized spacial score (nSPS) is 10.9. The third-order valence-electron chi connectivity index (χ3n) is 4.22. The van der Waals surface area contributed by atoms with Gasteiger partial charge >= 0.3 is 11.6 Å². The standard InChI is InChI=1S/C21H19ClO4S/c1-13-9-18-15(11-21(24)26-19(18)10-14(13)2)12-25-20(23)7-8-27-17-5-3-16(22)4-6-17/h3-6,9-11H,7-8,12H2,1-2H3. The Morgan fingerprint density at radius 2 is 1.81 bits per heavy atom. The lowest BCUT2D eigenvalue weighted by Crippen LogP contribution is -2.08. The quantitative estimate of drug-likeness (QED) is 0.318. The summed E-state index contributed by atoms with van der Waals surface area (Å²) in [5.41, 5.74) is 2.84. The molecular weight excluding hydrogens is 384 g/mol. The molecule has 6 heteroatoms. The van der Waals surface area contributed by atoms with Gasteiger partial charge in [-0.3, -0.25) is 4.79 Å². The first-order valence-corrected chi connectivity index (χ1v) is 9.87. The van der Waals surface area contributed by atoms with E-state index in [1.54, 1.807) is 11.8 Å². The number of thioether (sulfide) groups is 1. The molecule has 0 aliphatic heterocycles. The van der Waals surface area contributed by atoms with E-state index in [1.165, 1.54) is 6.07 Å². The molecule has 0 aliphatic rings. The predicted octanol–water partition coefficient (Wildman–Crippen LogP) is 5.29. The molecule has 0 saturated carbocycles. The molecule has 3 aromatic rings. The van der Waals surface area contributed by atoms with Crippen molar-refractivity contribution in [2.45, 2.75) is 31.8 Å². The number of rotatable bonds is 6. The minimum absolute atomic E-state index is 0.0506. The van der Waals surface area contributed by atoms with Crippen molar-refractivity contribution in [3.05, 3.63) is 74.6 Å². The third-order valence-corrected chi connectivity index (χ3v) is 5.49. The van der Waals surface area contributed by atoms with Crippen LogP contribution in [0, 0.1) is 13.8 Å². The van der Waals surface area contributed by atoms with E-state index in [4.69, 9.17) is 20.8 Å². The summed E-state index contributed by atoms with van der Waals surface area (Å²) in [6.45, 7) is 4.00. The Morgan fingerprint density at radius 1 is 1.11 bits per heavy atom. The van der Waals surface area contributed by atoms with Crippen LogP contribution in [0.15, 0.2) is 56.6 Å². The van der Waals surface area contributed by atoms with E-state index in [9.17, 15) is 9.59 Å². The van der Waals surface area contributed by atoms with E-state index in [2.05, 4.69) is 0 Å². The van der Waals surface area contributed by atoms with Gasteiger partial charge in [0.1, 0.15) is 12.2 Å². The van der Waals surface area contributed by atoms with Gasteiger partial charge < -0.3 is 9.15 Å². The van der Waals surface area contributed by atoms with Crippen molar-refractivity contribution in [1.29, 1.82) is 0 Å². The molecule has 1 heterocycles. The fraction of sp³-hybridized carbons (Fsp3) is 0.238. The van der Waals surface area contributed by atoms with Crippen LogP contribution in [0.25, 0.3) is 11.0 Å². The minimum Gasteiger partial charge on any atom is -0.461 e. The molecule has 0 N–H and O–H groups in total. The van der Waals surface area contributed by atoms with Crippen LogP contribution in [-0.4, -0.2) is 11.7 Å². The summed E-state index contributed by atoms with van der Waals surface area (Å²) in [4.78, 5) is 24.9. The summed E-state index contributed by atoms with van der Waals surface area (Å²) in [6, 6.07) is 12.6. The molecular formula is C21H19ClO4S. The molecule has 2 aromatic carbocycles. The Bertz CT molecular complexity index is 1020. The van der Waals surface area contributed by atoms with E-state index in [0.717, 1.165) is 21.4 Å². The van der Waals surface area contributed by atoms with E-state index in [-0.39, 0.29) is 19.0 Å². The highest BCUT2D eigenvalue weighted by Crippen LogP contribution is 2.23. The minimum atomic E-state index is -0.449. The van der Waals surface area contributed by atoms with E-state index < -0.39 is 5.63 Å². The highest BCUT2D eigenvalue weighted by molar-refractivity contribution is 7.99. The summed E-state index contributed by atoms with van der Waals surface area (Å²) in [7, 11) is 0. The Labute approximate surface area is 166 Å². The first-order valence-electron chi connectivity index (χ1n) is 8.50. The molecule has 0 unspecified atom stereocenters. The number of carbonyl (C=O) groups excluding carboxylic acids is 1. The fourth-order valence-corrected chi connectivity index (χ4v) is 3.57. The van der Waals surface area contributed by atoms with Gasteiger partial charge in [-0.15, -0.1) is 11.8 Å². The number of carbonyl (C=O) groups is 1. The summed E-state index contributed by atoms with van der Waals surface area (Å²) in [5, 5.41) is 1.48. The Kier molecular flexibility index (Phi) is 6.24. The molecule has 0 aliphatic carbocycles. The van der Waals surface area contributed by atoms with Crippen LogP contribution in [-0.2, 0) is 16.1 Å². The highest BCUT2D eigenvalue weighted by Gasteiger charge is 2.10. The topological polar surface area (TPSA) is 56.5 Å². The fourth-order valence-electron chi connectivity index (χ4n) is 2.62. The zero-order valence-corrected chi connectivity index (χ0v) is 16.7. The van der Waals surface area contributed by atoms with Crippen molar-refractivity contribution in [1.82, 2.24) is 0 Å². The predicted molar refractivity (Wildman–Crippen MR) is 109 cm³/mol. The van der Waals surface area contributed by atoms with Gasteiger partial charge in [-0.05, 0) is 61.4 Å². The first-order chi connectivity index (χ1) is 12.9. The van der Waals surface area contributed by atoms with Crippen LogP contribution < -0.4 is 5.63 Å². The maximum atomic E-state index is 12.0. The average molecular weight is 403 g/mol. The molecule has 27 heavy (non-hydrogen) atoms. The van der Waals surface area contributed by atoms with E-state index in [1.807, 2.05) is 50.2 Å². The Balaban J connectivity index is 1.60. The summed E-state index contributed by atoms with van der Waals surface area (Å²) in [6.07, 6.45) is 0.283. The third kappa shape index (κ3) is 5.15. The second-order valence-corrected chi connectivity index (χ2v) is 7.84. The van der Waals surface area contributed by atoms with Crippen molar-refractivity contribution in [3.63, 3.8) is 0 Å². The van der Waals surface area contributed by atoms with Gasteiger partial charge in [0.25, 0.3) is 0 Å². The molecule has 0 amide bonds. The van der Waals surface area contributed by atoms with Crippen molar-refractivity contribution < 1.29 is 13.9 Å². The average Bonchev–Trinajstić information content (AvgIpc) is 2.63. The number of benzene rings is 2. The number of fused-ring (bicyclic) bond motifs is 1. The largest absolute Gasteiger partial charge is 0.461 e. The van der Waals surface area contributed by atoms with Crippen LogP contribution in [0.5, 0.6) is 0 Å². The number of esters is 1. The SMILES string of the molecule is Cc1cc2oc(=O)cc(COC(=O)CCSc3ccc(Cl)cc3)c2cc1C. The van der Waals surface area contributed by atoms with Gasteiger partial charge in [0.15, 0.2) is 0 Å². The Hall–Kier alpha value is -2.24. The molecule has 140 valence electrons. The van der Waals surface area contributed by atoms with Crippen molar-refractivity contribution >= 4 is 40.3 Å². The zero-order chi connectivity index (χ0) is 19.4. The van der Waals surface area contributed by atoms with Gasteiger partial charge in [0, 0.05) is 32.7 Å². The molecule has 3 rings (SSSR count). The highest BCUT2D eigenvalue weighted by atomic mass is 35.5. The molecule has 0 saturated heterocycles. The van der Waals surface area contributed by atoms with Gasteiger partial charge in [0.05, 0.1) is 6.42 Å². The van der Waals surface area contributed by atoms with Crippen LogP contribution in [0.3, 0.4) is 0 Å². The molecule has 0 bridgehead atoms. The number of halogens is 1. The van der Waals surface area contributed by atoms with Gasteiger partial charge in [-0.1, -0.05) is 11.6 Å². The van der Waals surface area contributed by atoms with Crippen LogP contribution in [0.4, 0.5) is 0 Å². The maximum absolute atomic E-state index is 12.0. The van der Waals surface area contributed by atoms with Gasteiger partial charge in [-0.25, -0.2) is 4.79 Å². The first kappa shape index (κ1) is 19.5. The van der Waals surface area contributed by atoms with Gasteiger partial charge in [0.2, 0.25) is 0 Å². The molecule has 0 fully saturated rings. The lowest BCUT2D eigenvalue weighted by molar-refractivity contribution is -0.144. The molecule has 0 atom stereocenters. The van der Waals surface area contributed by atoms with Crippen LogP contribution >= 0.6 is 23.4 Å². The maximum Gasteiger partial charge on any atom is 0.336 e. The monoisotopic (exact) mass is 402 g/mol. The van der Waals surface area contributed by atoms with Crippen molar-refractivity contribution in [2.24, 2.45) is 0 Å². The molecule has 0 spiro atoms. The summed E-state index contributed by atoms with van der Waals surface area (Å²) in [5.74, 6) is 0.304. The van der Waals surface area contributed by atoms with Crippen molar-refractivity contribution in [3.8, 4) is 0 Å². The number of hydrogen-bond donors (Lipinski definition) is 0. The zero-order valence-electron chi connectivity index (χ0n) is 15.1. The second kappa shape index (κ2) is 8.63. The lowest BCUT2D eigenvalue weighted by atomic mass is 10.0. The van der Waals surface area contributed by atoms with Crippen LogP contribution in [0.1, 0.15) is 23.1 Å². The number of hydrogen-bond acceptors (Lipinski definition) is 5.